The van der Waals surface area contributed by atoms with E-state index in [0.29, 0.717) is 4.47 Å². The van der Waals surface area contributed by atoms with Crippen LogP contribution in [0.4, 0.5) is 13.2 Å². The van der Waals surface area contributed by atoms with Gasteiger partial charge in [0.25, 0.3) is 5.91 Å². The third-order valence-corrected chi connectivity index (χ3v) is 4.05. The van der Waals surface area contributed by atoms with E-state index in [9.17, 15) is 18.0 Å². The molecule has 2 N–H and O–H groups in total. The molecule has 20 heavy (non-hydrogen) atoms. The second kappa shape index (κ2) is 5.73. The van der Waals surface area contributed by atoms with Crippen LogP contribution in [0.1, 0.15) is 23.2 Å². The lowest BCUT2D eigenvalue weighted by Crippen LogP contribution is -2.56. The van der Waals surface area contributed by atoms with Gasteiger partial charge in [0, 0.05) is 17.1 Å². The highest BCUT2D eigenvalue weighted by Crippen LogP contribution is 2.33. The number of rotatable bonds is 1. The third-order valence-electron chi connectivity index (χ3n) is 3.36. The summed E-state index contributed by atoms with van der Waals surface area (Å²) < 4.78 is 39.6. The molecule has 0 bridgehead atoms. The van der Waals surface area contributed by atoms with Gasteiger partial charge in [0.1, 0.15) is 6.04 Å². The van der Waals surface area contributed by atoms with Gasteiger partial charge in [0.05, 0.1) is 5.56 Å². The van der Waals surface area contributed by atoms with Crippen LogP contribution in [0, 0.1) is 0 Å². The molecule has 0 unspecified atom stereocenters. The lowest BCUT2D eigenvalue weighted by molar-refractivity contribution is -0.184. The molecule has 0 aromatic heterocycles. The van der Waals surface area contributed by atoms with Gasteiger partial charge < -0.3 is 10.6 Å². The highest BCUT2D eigenvalue weighted by Gasteiger charge is 2.47. The molecule has 0 radical (unpaired) electrons. The molecule has 1 aromatic rings. The molecule has 1 saturated heterocycles. The summed E-state index contributed by atoms with van der Waals surface area (Å²) in [4.78, 5) is 13.2. The number of benzene rings is 1. The predicted octanol–water partition coefficient (Wildman–Crippen LogP) is 2.94. The fourth-order valence-electron chi connectivity index (χ4n) is 2.35. The molecule has 7 heteroatoms. The summed E-state index contributed by atoms with van der Waals surface area (Å²) in [5.74, 6) is -0.644. The molecule has 2 atom stereocenters. The zero-order valence-electron chi connectivity index (χ0n) is 10.5. The van der Waals surface area contributed by atoms with Crippen molar-refractivity contribution >= 4 is 21.8 Å². The second-order valence-corrected chi connectivity index (χ2v) is 5.69. The first-order chi connectivity index (χ1) is 9.30. The number of nitrogens with two attached hydrogens (primary N) is 1. The van der Waals surface area contributed by atoms with Crippen LogP contribution in [-0.2, 0) is 0 Å². The molecule has 1 aliphatic rings. The van der Waals surface area contributed by atoms with Crippen LogP contribution in [0.25, 0.3) is 0 Å². The molecule has 3 nitrogen and oxygen atoms in total. The van der Waals surface area contributed by atoms with Gasteiger partial charge in [-0.25, -0.2) is 0 Å². The van der Waals surface area contributed by atoms with E-state index in [1.807, 2.05) is 0 Å². The SMILES string of the molecule is N[C@@H]1CC[C@@H](C(F)(F)F)N(C(=O)c2ccccc2Br)C1. The number of carbonyl (C=O) groups excluding carboxylic acids is 1. The summed E-state index contributed by atoms with van der Waals surface area (Å²) in [6, 6.07) is 4.26. The number of amides is 1. The van der Waals surface area contributed by atoms with Gasteiger partial charge in [-0.2, -0.15) is 13.2 Å². The minimum Gasteiger partial charge on any atom is -0.326 e. The molecule has 2 rings (SSSR count). The lowest BCUT2D eigenvalue weighted by Gasteiger charge is -2.39. The first-order valence-electron chi connectivity index (χ1n) is 6.18. The van der Waals surface area contributed by atoms with E-state index < -0.39 is 24.2 Å². The van der Waals surface area contributed by atoms with Crippen LogP contribution in [-0.4, -0.2) is 35.6 Å². The van der Waals surface area contributed by atoms with Crippen molar-refractivity contribution in [3.63, 3.8) is 0 Å². The van der Waals surface area contributed by atoms with Gasteiger partial charge in [-0.15, -0.1) is 0 Å². The highest BCUT2D eigenvalue weighted by molar-refractivity contribution is 9.10. The fraction of sp³-hybridized carbons (Fsp3) is 0.462. The van der Waals surface area contributed by atoms with Gasteiger partial charge >= 0.3 is 6.18 Å². The minimum absolute atomic E-state index is 0.0790. The number of carbonyl (C=O) groups is 1. The van der Waals surface area contributed by atoms with E-state index in [0.717, 1.165) is 4.90 Å². The van der Waals surface area contributed by atoms with Crippen molar-refractivity contribution in [1.29, 1.82) is 0 Å². The van der Waals surface area contributed by atoms with Crippen molar-refractivity contribution in [2.45, 2.75) is 31.1 Å². The number of nitrogens with zero attached hydrogens (tertiary/aromatic N) is 1. The maximum Gasteiger partial charge on any atom is 0.408 e. The van der Waals surface area contributed by atoms with E-state index in [2.05, 4.69) is 15.9 Å². The minimum atomic E-state index is -4.43. The Kier molecular flexibility index (Phi) is 4.39. The van der Waals surface area contributed by atoms with Crippen LogP contribution >= 0.6 is 15.9 Å². The smallest absolute Gasteiger partial charge is 0.326 e. The van der Waals surface area contributed by atoms with E-state index in [-0.39, 0.29) is 24.9 Å². The molecule has 110 valence electrons. The van der Waals surface area contributed by atoms with Gasteiger partial charge in [-0.1, -0.05) is 12.1 Å². The van der Waals surface area contributed by atoms with Crippen molar-refractivity contribution < 1.29 is 18.0 Å². The summed E-state index contributed by atoms with van der Waals surface area (Å²) in [7, 11) is 0. The Labute approximate surface area is 123 Å². The van der Waals surface area contributed by atoms with Gasteiger partial charge in [0.15, 0.2) is 0 Å². The number of hydrogen-bond donors (Lipinski definition) is 1. The summed E-state index contributed by atoms with van der Waals surface area (Å²) >= 11 is 3.19. The Morgan fingerprint density at radius 3 is 2.55 bits per heavy atom. The van der Waals surface area contributed by atoms with E-state index in [4.69, 9.17) is 5.73 Å². The Morgan fingerprint density at radius 2 is 1.95 bits per heavy atom. The van der Waals surface area contributed by atoms with Crippen LogP contribution in [0.3, 0.4) is 0 Å². The van der Waals surface area contributed by atoms with E-state index in [1.165, 1.54) is 6.07 Å². The molecule has 0 aliphatic carbocycles. The number of hydrogen-bond acceptors (Lipinski definition) is 2. The number of alkyl halides is 3. The lowest BCUT2D eigenvalue weighted by atomic mass is 9.97. The maximum atomic E-state index is 13.0. The van der Waals surface area contributed by atoms with Crippen molar-refractivity contribution in [3.05, 3.63) is 34.3 Å². The van der Waals surface area contributed by atoms with Crippen LogP contribution < -0.4 is 5.73 Å². The van der Waals surface area contributed by atoms with E-state index in [1.54, 1.807) is 18.2 Å². The van der Waals surface area contributed by atoms with Crippen LogP contribution in [0.15, 0.2) is 28.7 Å². The zero-order valence-corrected chi connectivity index (χ0v) is 12.1. The molecular formula is C13H14BrF3N2O. The Hall–Kier alpha value is -1.08. The average molecular weight is 351 g/mol. The average Bonchev–Trinajstić information content (AvgIpc) is 2.37. The summed E-state index contributed by atoms with van der Waals surface area (Å²) in [5, 5.41) is 0. The maximum absolute atomic E-state index is 13.0. The molecule has 1 aliphatic heterocycles. The molecule has 0 spiro atoms. The first kappa shape index (κ1) is 15.3. The van der Waals surface area contributed by atoms with Crippen LogP contribution in [0.2, 0.25) is 0 Å². The van der Waals surface area contributed by atoms with Gasteiger partial charge in [-0.3, -0.25) is 4.79 Å². The van der Waals surface area contributed by atoms with E-state index >= 15 is 0 Å². The van der Waals surface area contributed by atoms with Crippen molar-refractivity contribution in [3.8, 4) is 0 Å². The second-order valence-electron chi connectivity index (χ2n) is 4.83. The standard InChI is InChI=1S/C13H14BrF3N2O/c14-10-4-2-1-3-9(10)12(20)19-7-8(18)5-6-11(19)13(15,16)17/h1-4,8,11H,5-7,18H2/t8-,11+/m1/s1. The third kappa shape index (κ3) is 3.15. The van der Waals surface area contributed by atoms with Crippen molar-refractivity contribution in [2.24, 2.45) is 5.73 Å². The normalized spacial score (nSPS) is 23.8. The summed E-state index contributed by atoms with van der Waals surface area (Å²) in [6.45, 7) is -0.0790. The van der Waals surface area contributed by atoms with Crippen molar-refractivity contribution in [2.75, 3.05) is 6.54 Å². The quantitative estimate of drug-likeness (QED) is 0.846. The Bertz CT molecular complexity index is 507. The van der Waals surface area contributed by atoms with Crippen LogP contribution in [0.5, 0.6) is 0 Å². The molecule has 1 aromatic carbocycles. The Balaban J connectivity index is 2.31. The number of piperidine rings is 1. The molecule has 0 saturated carbocycles. The summed E-state index contributed by atoms with van der Waals surface area (Å²) in [6.07, 6.45) is -4.32. The van der Waals surface area contributed by atoms with Crippen molar-refractivity contribution in [1.82, 2.24) is 4.90 Å². The first-order valence-corrected chi connectivity index (χ1v) is 6.98. The monoisotopic (exact) mass is 350 g/mol. The molecule has 1 heterocycles. The Morgan fingerprint density at radius 1 is 1.30 bits per heavy atom. The summed E-state index contributed by atoms with van der Waals surface area (Å²) in [5.41, 5.74) is 5.93. The zero-order chi connectivity index (χ0) is 14.9. The number of halogens is 4. The fourth-order valence-corrected chi connectivity index (χ4v) is 2.81. The highest BCUT2D eigenvalue weighted by atomic mass is 79.9. The largest absolute Gasteiger partial charge is 0.408 e. The van der Waals surface area contributed by atoms with Gasteiger partial charge in [-0.05, 0) is 40.9 Å². The van der Waals surface area contributed by atoms with Gasteiger partial charge in [0.2, 0.25) is 0 Å². The number of likely N-dealkylation sites (tertiary alicyclic amines) is 1. The topological polar surface area (TPSA) is 46.3 Å². The molecular weight excluding hydrogens is 337 g/mol. The predicted molar refractivity (Wildman–Crippen MR) is 72.2 cm³/mol. The molecule has 1 amide bonds. The molecule has 1 fully saturated rings.